The van der Waals surface area contributed by atoms with Crippen molar-refractivity contribution < 1.29 is 19.0 Å². The van der Waals surface area contributed by atoms with Gasteiger partial charge in [-0.2, -0.15) is 4.98 Å². The van der Waals surface area contributed by atoms with Crippen LogP contribution in [0, 0.1) is 5.92 Å². The standard InChI is InChI=1S/C14H21N3O4/c1-19-5-4-17-9-10(7-13(17)18)6-11-8-12(20-2)16-14(15-11)21-3/h8,10H,4-7,9H2,1-3H3. The highest BCUT2D eigenvalue weighted by atomic mass is 16.5. The average Bonchev–Trinajstić information content (AvgIpc) is 2.84. The highest BCUT2D eigenvalue weighted by Gasteiger charge is 2.29. The Morgan fingerprint density at radius 3 is 2.76 bits per heavy atom. The third-order valence-corrected chi connectivity index (χ3v) is 3.48. The highest BCUT2D eigenvalue weighted by Crippen LogP contribution is 2.23. The topological polar surface area (TPSA) is 73.8 Å². The van der Waals surface area contributed by atoms with Gasteiger partial charge >= 0.3 is 6.01 Å². The van der Waals surface area contributed by atoms with Crippen LogP contribution in [0.4, 0.5) is 0 Å². The van der Waals surface area contributed by atoms with Crippen molar-refractivity contribution in [2.75, 3.05) is 41.0 Å². The summed E-state index contributed by atoms with van der Waals surface area (Å²) in [6.45, 7) is 1.94. The minimum absolute atomic E-state index is 0.171. The quantitative estimate of drug-likeness (QED) is 0.730. The number of hydrogen-bond acceptors (Lipinski definition) is 6. The predicted octanol–water partition coefficient (Wildman–Crippen LogP) is 0.531. The Morgan fingerprint density at radius 1 is 1.29 bits per heavy atom. The average molecular weight is 295 g/mol. The molecule has 7 nitrogen and oxygen atoms in total. The Balaban J connectivity index is 2.00. The lowest BCUT2D eigenvalue weighted by Gasteiger charge is -2.16. The number of nitrogens with zero attached hydrogens (tertiary/aromatic N) is 3. The van der Waals surface area contributed by atoms with Crippen LogP contribution in [-0.2, 0) is 16.0 Å². The first kappa shape index (κ1) is 15.5. The number of ether oxygens (including phenoxy) is 3. The zero-order valence-electron chi connectivity index (χ0n) is 12.7. The molecule has 0 spiro atoms. The van der Waals surface area contributed by atoms with Gasteiger partial charge in [0.1, 0.15) is 0 Å². The first-order chi connectivity index (χ1) is 10.2. The van der Waals surface area contributed by atoms with Gasteiger partial charge in [0.2, 0.25) is 11.8 Å². The van der Waals surface area contributed by atoms with Crippen molar-refractivity contribution in [3.63, 3.8) is 0 Å². The number of carbonyl (C=O) groups is 1. The lowest BCUT2D eigenvalue weighted by molar-refractivity contribution is -0.128. The van der Waals surface area contributed by atoms with E-state index in [2.05, 4.69) is 9.97 Å². The molecule has 0 aromatic carbocycles. The lowest BCUT2D eigenvalue weighted by Crippen LogP contribution is -2.29. The Labute approximate surface area is 124 Å². The molecule has 1 aromatic rings. The molecule has 7 heteroatoms. The minimum atomic E-state index is 0.171. The summed E-state index contributed by atoms with van der Waals surface area (Å²) in [7, 11) is 4.71. The molecule has 2 heterocycles. The maximum Gasteiger partial charge on any atom is 0.319 e. The van der Waals surface area contributed by atoms with Gasteiger partial charge in [-0.3, -0.25) is 4.79 Å². The fraction of sp³-hybridized carbons (Fsp3) is 0.643. The van der Waals surface area contributed by atoms with E-state index >= 15 is 0 Å². The van der Waals surface area contributed by atoms with Crippen molar-refractivity contribution in [2.45, 2.75) is 12.8 Å². The van der Waals surface area contributed by atoms with E-state index in [0.29, 0.717) is 31.9 Å². The van der Waals surface area contributed by atoms with E-state index in [9.17, 15) is 4.79 Å². The number of carbonyl (C=O) groups excluding carboxylic acids is 1. The van der Waals surface area contributed by atoms with Gasteiger partial charge in [0.05, 0.1) is 26.5 Å². The van der Waals surface area contributed by atoms with E-state index < -0.39 is 0 Å². The third-order valence-electron chi connectivity index (χ3n) is 3.48. The molecule has 0 N–H and O–H groups in total. The molecule has 0 bridgehead atoms. The van der Waals surface area contributed by atoms with E-state index in [4.69, 9.17) is 14.2 Å². The molecule has 116 valence electrons. The van der Waals surface area contributed by atoms with Crippen molar-refractivity contribution in [2.24, 2.45) is 5.92 Å². The molecule has 21 heavy (non-hydrogen) atoms. The maximum absolute atomic E-state index is 11.9. The van der Waals surface area contributed by atoms with E-state index in [1.807, 2.05) is 4.90 Å². The van der Waals surface area contributed by atoms with Gasteiger partial charge in [0, 0.05) is 32.7 Å². The van der Waals surface area contributed by atoms with Gasteiger partial charge in [-0.1, -0.05) is 0 Å². The second-order valence-electron chi connectivity index (χ2n) is 5.00. The summed E-state index contributed by atoms with van der Waals surface area (Å²) in [5.74, 6) is 0.890. The number of aromatic nitrogens is 2. The molecule has 1 saturated heterocycles. The second-order valence-corrected chi connectivity index (χ2v) is 5.00. The third kappa shape index (κ3) is 4.04. The number of rotatable bonds is 7. The van der Waals surface area contributed by atoms with E-state index in [-0.39, 0.29) is 17.8 Å². The van der Waals surface area contributed by atoms with E-state index in [1.165, 1.54) is 7.11 Å². The normalized spacial score (nSPS) is 18.1. The summed E-state index contributed by atoms with van der Waals surface area (Å²) in [6, 6.07) is 2.06. The fourth-order valence-corrected chi connectivity index (χ4v) is 2.45. The first-order valence-electron chi connectivity index (χ1n) is 6.89. The largest absolute Gasteiger partial charge is 0.481 e. The van der Waals surface area contributed by atoms with Crippen LogP contribution in [0.5, 0.6) is 11.9 Å². The molecule has 1 atom stereocenters. The molecule has 0 radical (unpaired) electrons. The Hall–Kier alpha value is -1.89. The Morgan fingerprint density at radius 2 is 2.10 bits per heavy atom. The Kier molecular flexibility index (Phi) is 5.32. The molecule has 0 aliphatic carbocycles. The molecule has 1 aromatic heterocycles. The van der Waals surface area contributed by atoms with Crippen LogP contribution in [0.3, 0.4) is 0 Å². The van der Waals surface area contributed by atoms with Gasteiger partial charge in [-0.15, -0.1) is 0 Å². The lowest BCUT2D eigenvalue weighted by atomic mass is 10.0. The molecule has 1 unspecified atom stereocenters. The van der Waals surface area contributed by atoms with Crippen LogP contribution in [0.15, 0.2) is 6.07 Å². The van der Waals surface area contributed by atoms with Crippen LogP contribution < -0.4 is 9.47 Å². The maximum atomic E-state index is 11.9. The van der Waals surface area contributed by atoms with Crippen LogP contribution in [0.1, 0.15) is 12.1 Å². The zero-order valence-corrected chi connectivity index (χ0v) is 12.7. The zero-order chi connectivity index (χ0) is 15.2. The molecule has 1 aliphatic rings. The summed E-state index contributed by atoms with van der Waals surface area (Å²) in [6.07, 6.45) is 1.24. The van der Waals surface area contributed by atoms with Crippen LogP contribution >= 0.6 is 0 Å². The van der Waals surface area contributed by atoms with Crippen molar-refractivity contribution in [1.29, 1.82) is 0 Å². The SMILES string of the molecule is COCCN1CC(Cc2cc(OC)nc(OC)n2)CC1=O. The molecule has 1 amide bonds. The monoisotopic (exact) mass is 295 g/mol. The highest BCUT2D eigenvalue weighted by molar-refractivity contribution is 5.78. The number of methoxy groups -OCH3 is 3. The van der Waals surface area contributed by atoms with Crippen molar-refractivity contribution in [1.82, 2.24) is 14.9 Å². The van der Waals surface area contributed by atoms with Crippen LogP contribution in [0.2, 0.25) is 0 Å². The van der Waals surface area contributed by atoms with E-state index in [0.717, 1.165) is 12.2 Å². The summed E-state index contributed by atoms with van der Waals surface area (Å²) in [5, 5.41) is 0. The molecular weight excluding hydrogens is 274 g/mol. The van der Waals surface area contributed by atoms with Gasteiger partial charge in [-0.25, -0.2) is 4.98 Å². The van der Waals surface area contributed by atoms with Gasteiger partial charge in [0.25, 0.3) is 0 Å². The van der Waals surface area contributed by atoms with Crippen molar-refractivity contribution in [3.05, 3.63) is 11.8 Å². The first-order valence-corrected chi connectivity index (χ1v) is 6.89. The minimum Gasteiger partial charge on any atom is -0.481 e. The molecule has 0 saturated carbocycles. The smallest absolute Gasteiger partial charge is 0.319 e. The fourth-order valence-electron chi connectivity index (χ4n) is 2.45. The van der Waals surface area contributed by atoms with Gasteiger partial charge in [-0.05, 0) is 12.3 Å². The Bertz CT molecular complexity index is 473. The number of likely N-dealkylation sites (tertiary alicyclic amines) is 1. The summed E-state index contributed by atoms with van der Waals surface area (Å²) < 4.78 is 15.2. The van der Waals surface area contributed by atoms with Crippen LogP contribution in [0.25, 0.3) is 0 Å². The van der Waals surface area contributed by atoms with Crippen molar-refractivity contribution >= 4 is 5.91 Å². The molecule has 1 aliphatic heterocycles. The number of amides is 1. The van der Waals surface area contributed by atoms with E-state index in [1.54, 1.807) is 20.3 Å². The molecule has 2 rings (SSSR count). The number of hydrogen-bond donors (Lipinski definition) is 0. The van der Waals surface area contributed by atoms with Gasteiger partial charge in [0.15, 0.2) is 0 Å². The second kappa shape index (κ2) is 7.21. The summed E-state index contributed by atoms with van der Waals surface area (Å²) >= 11 is 0. The molecular formula is C14H21N3O4. The van der Waals surface area contributed by atoms with Crippen molar-refractivity contribution in [3.8, 4) is 11.9 Å². The molecule has 1 fully saturated rings. The summed E-state index contributed by atoms with van der Waals surface area (Å²) in [4.78, 5) is 22.1. The van der Waals surface area contributed by atoms with Crippen LogP contribution in [-0.4, -0.2) is 61.8 Å². The van der Waals surface area contributed by atoms with Gasteiger partial charge < -0.3 is 19.1 Å². The predicted molar refractivity (Wildman–Crippen MR) is 75.4 cm³/mol. The summed E-state index contributed by atoms with van der Waals surface area (Å²) in [5.41, 5.74) is 0.824.